The van der Waals surface area contributed by atoms with Gasteiger partial charge in [0, 0.05) is 11.6 Å². The van der Waals surface area contributed by atoms with Crippen molar-refractivity contribution in [1.82, 2.24) is 5.32 Å². The summed E-state index contributed by atoms with van der Waals surface area (Å²) >= 11 is 12.0. The number of carbonyl (C=O) groups excluding carboxylic acids is 1. The Labute approximate surface area is 122 Å². The second-order valence-electron chi connectivity index (χ2n) is 3.80. The molecule has 0 aliphatic heterocycles. The predicted octanol–water partition coefficient (Wildman–Crippen LogP) is 2.18. The summed E-state index contributed by atoms with van der Waals surface area (Å²) in [6, 6.07) is 3.30. The Hall–Kier alpha value is -1.23. The number of hydrogen-bond acceptors (Lipinski definition) is 3. The lowest BCUT2D eigenvalue weighted by Gasteiger charge is -2.13. The van der Waals surface area contributed by atoms with Gasteiger partial charge in [0.15, 0.2) is 6.61 Å². The van der Waals surface area contributed by atoms with Gasteiger partial charge in [-0.3, -0.25) is 4.79 Å². The number of nitrogens with two attached hydrogens (primary N) is 1. The summed E-state index contributed by atoms with van der Waals surface area (Å²) in [7, 11) is 0. The number of nitrogens with one attached hydrogen (secondary N) is 1. The molecule has 1 aromatic rings. The SMILES string of the molecule is C=CCNC(=O)COc1c(Cl)cc(Cl)cc1CCN. The van der Waals surface area contributed by atoms with Gasteiger partial charge in [-0.25, -0.2) is 0 Å². The lowest BCUT2D eigenvalue weighted by atomic mass is 10.1. The van der Waals surface area contributed by atoms with Gasteiger partial charge >= 0.3 is 0 Å². The fourth-order valence-corrected chi connectivity index (χ4v) is 2.08. The largest absolute Gasteiger partial charge is 0.482 e. The van der Waals surface area contributed by atoms with Crippen LogP contribution in [0.3, 0.4) is 0 Å². The van der Waals surface area contributed by atoms with Crippen LogP contribution in [0.5, 0.6) is 5.75 Å². The van der Waals surface area contributed by atoms with Crippen molar-refractivity contribution in [2.45, 2.75) is 6.42 Å². The van der Waals surface area contributed by atoms with Crippen molar-refractivity contribution in [1.29, 1.82) is 0 Å². The molecule has 0 aliphatic carbocycles. The molecule has 104 valence electrons. The van der Waals surface area contributed by atoms with E-state index in [1.807, 2.05) is 0 Å². The highest BCUT2D eigenvalue weighted by molar-refractivity contribution is 6.35. The molecule has 0 saturated heterocycles. The normalized spacial score (nSPS) is 10.1. The van der Waals surface area contributed by atoms with Gasteiger partial charge in [-0.2, -0.15) is 0 Å². The smallest absolute Gasteiger partial charge is 0.258 e. The number of ether oxygens (including phenoxy) is 1. The molecular formula is C13H16Cl2N2O2. The highest BCUT2D eigenvalue weighted by Crippen LogP contribution is 2.32. The lowest BCUT2D eigenvalue weighted by Crippen LogP contribution is -2.29. The summed E-state index contributed by atoms with van der Waals surface area (Å²) in [6.45, 7) is 4.22. The topological polar surface area (TPSA) is 64.3 Å². The van der Waals surface area contributed by atoms with Crippen molar-refractivity contribution in [3.05, 3.63) is 40.4 Å². The fraction of sp³-hybridized carbons (Fsp3) is 0.308. The van der Waals surface area contributed by atoms with Crippen molar-refractivity contribution in [3.8, 4) is 5.75 Å². The van der Waals surface area contributed by atoms with Crippen LogP contribution >= 0.6 is 23.2 Å². The van der Waals surface area contributed by atoms with E-state index in [1.165, 1.54) is 0 Å². The molecule has 0 heterocycles. The molecule has 1 rings (SSSR count). The van der Waals surface area contributed by atoms with Crippen LogP contribution in [0.1, 0.15) is 5.56 Å². The molecule has 3 N–H and O–H groups in total. The van der Waals surface area contributed by atoms with E-state index in [1.54, 1.807) is 18.2 Å². The molecule has 0 aliphatic rings. The van der Waals surface area contributed by atoms with E-state index in [0.29, 0.717) is 35.3 Å². The number of carbonyl (C=O) groups is 1. The van der Waals surface area contributed by atoms with E-state index in [-0.39, 0.29) is 12.5 Å². The van der Waals surface area contributed by atoms with Crippen LogP contribution < -0.4 is 15.8 Å². The molecule has 0 unspecified atom stereocenters. The van der Waals surface area contributed by atoms with Crippen LogP contribution in [0.4, 0.5) is 0 Å². The molecule has 0 spiro atoms. The van der Waals surface area contributed by atoms with Gasteiger partial charge in [0.25, 0.3) is 5.91 Å². The van der Waals surface area contributed by atoms with Crippen molar-refractivity contribution < 1.29 is 9.53 Å². The average Bonchev–Trinajstić information content (AvgIpc) is 2.35. The number of halogens is 2. The minimum atomic E-state index is -0.246. The molecule has 6 heteroatoms. The molecule has 0 radical (unpaired) electrons. The minimum Gasteiger partial charge on any atom is -0.482 e. The van der Waals surface area contributed by atoms with Gasteiger partial charge in [0.1, 0.15) is 5.75 Å². The number of amides is 1. The highest BCUT2D eigenvalue weighted by Gasteiger charge is 2.12. The number of rotatable bonds is 7. The molecule has 0 bridgehead atoms. The zero-order valence-electron chi connectivity index (χ0n) is 10.4. The van der Waals surface area contributed by atoms with Crippen molar-refractivity contribution in [3.63, 3.8) is 0 Å². The van der Waals surface area contributed by atoms with E-state index >= 15 is 0 Å². The van der Waals surface area contributed by atoms with Gasteiger partial charge in [-0.1, -0.05) is 29.3 Å². The zero-order valence-corrected chi connectivity index (χ0v) is 11.9. The third-order valence-electron chi connectivity index (χ3n) is 2.29. The Morgan fingerprint density at radius 2 is 2.21 bits per heavy atom. The van der Waals surface area contributed by atoms with Gasteiger partial charge in [-0.05, 0) is 30.7 Å². The molecule has 1 aromatic carbocycles. The van der Waals surface area contributed by atoms with Crippen LogP contribution in [-0.2, 0) is 11.2 Å². The molecule has 0 atom stereocenters. The van der Waals surface area contributed by atoms with Crippen molar-refractivity contribution in [2.75, 3.05) is 19.7 Å². The van der Waals surface area contributed by atoms with Gasteiger partial charge in [0.2, 0.25) is 0 Å². The summed E-state index contributed by atoms with van der Waals surface area (Å²) in [6.07, 6.45) is 2.16. The lowest BCUT2D eigenvalue weighted by molar-refractivity contribution is -0.122. The third-order valence-corrected chi connectivity index (χ3v) is 2.79. The maximum atomic E-state index is 11.4. The Balaban J connectivity index is 2.76. The Kier molecular flexibility index (Phi) is 6.70. The predicted molar refractivity (Wildman–Crippen MR) is 77.9 cm³/mol. The number of benzene rings is 1. The van der Waals surface area contributed by atoms with E-state index in [9.17, 15) is 4.79 Å². The summed E-state index contributed by atoms with van der Waals surface area (Å²) in [5.41, 5.74) is 6.31. The van der Waals surface area contributed by atoms with Crippen LogP contribution in [-0.4, -0.2) is 25.6 Å². The second-order valence-corrected chi connectivity index (χ2v) is 4.64. The van der Waals surface area contributed by atoms with Gasteiger partial charge in [-0.15, -0.1) is 6.58 Å². The van der Waals surface area contributed by atoms with Crippen molar-refractivity contribution >= 4 is 29.1 Å². The van der Waals surface area contributed by atoms with Crippen LogP contribution in [0, 0.1) is 0 Å². The molecule has 4 nitrogen and oxygen atoms in total. The van der Waals surface area contributed by atoms with E-state index in [4.69, 9.17) is 33.7 Å². The maximum absolute atomic E-state index is 11.4. The van der Waals surface area contributed by atoms with Crippen molar-refractivity contribution in [2.24, 2.45) is 5.73 Å². The standard InChI is InChI=1S/C13H16Cl2N2O2/c1-2-5-17-12(18)8-19-13-9(3-4-16)6-10(14)7-11(13)15/h2,6-7H,1,3-5,8,16H2,(H,17,18). The summed E-state index contributed by atoms with van der Waals surface area (Å²) in [4.78, 5) is 11.4. The van der Waals surface area contributed by atoms with E-state index in [2.05, 4.69) is 11.9 Å². The Bertz CT molecular complexity index is 464. The molecule has 0 fully saturated rings. The van der Waals surface area contributed by atoms with E-state index in [0.717, 1.165) is 5.56 Å². The molecular weight excluding hydrogens is 287 g/mol. The maximum Gasteiger partial charge on any atom is 0.258 e. The molecule has 1 amide bonds. The van der Waals surface area contributed by atoms with Gasteiger partial charge < -0.3 is 15.8 Å². The minimum absolute atomic E-state index is 0.118. The quantitative estimate of drug-likeness (QED) is 0.759. The summed E-state index contributed by atoms with van der Waals surface area (Å²) < 4.78 is 5.44. The first-order chi connectivity index (χ1) is 9.08. The fourth-order valence-electron chi connectivity index (χ4n) is 1.49. The first-order valence-corrected chi connectivity index (χ1v) is 6.52. The first kappa shape index (κ1) is 15.8. The van der Waals surface area contributed by atoms with Crippen LogP contribution in [0.15, 0.2) is 24.8 Å². The highest BCUT2D eigenvalue weighted by atomic mass is 35.5. The first-order valence-electron chi connectivity index (χ1n) is 5.76. The molecule has 0 aromatic heterocycles. The number of hydrogen-bond donors (Lipinski definition) is 2. The third kappa shape index (κ3) is 5.11. The van der Waals surface area contributed by atoms with Crippen LogP contribution in [0.2, 0.25) is 10.0 Å². The monoisotopic (exact) mass is 302 g/mol. The Morgan fingerprint density at radius 1 is 1.47 bits per heavy atom. The van der Waals surface area contributed by atoms with Crippen LogP contribution in [0.25, 0.3) is 0 Å². The molecule has 19 heavy (non-hydrogen) atoms. The molecule has 0 saturated carbocycles. The van der Waals surface area contributed by atoms with Gasteiger partial charge in [0.05, 0.1) is 5.02 Å². The van der Waals surface area contributed by atoms with E-state index < -0.39 is 0 Å². The Morgan fingerprint density at radius 3 is 2.84 bits per heavy atom. The zero-order chi connectivity index (χ0) is 14.3. The summed E-state index contributed by atoms with van der Waals surface area (Å²) in [5, 5.41) is 3.49. The second kappa shape index (κ2) is 8.04. The average molecular weight is 303 g/mol. The summed E-state index contributed by atoms with van der Waals surface area (Å²) in [5.74, 6) is 0.204.